The average molecular weight is 321 g/mol. The van der Waals surface area contributed by atoms with Crippen LogP contribution >= 0.6 is 0 Å². The molecule has 0 N–H and O–H groups in total. The van der Waals surface area contributed by atoms with Crippen molar-refractivity contribution in [2.45, 2.75) is 26.8 Å². The summed E-state index contributed by atoms with van der Waals surface area (Å²) >= 11 is 0. The quantitative estimate of drug-likeness (QED) is 0.572. The highest BCUT2D eigenvalue weighted by molar-refractivity contribution is 5.75. The lowest BCUT2D eigenvalue weighted by atomic mass is 10.1. The van der Waals surface area contributed by atoms with Gasteiger partial charge in [0.15, 0.2) is 5.65 Å². The molecular formula is C16H15N7O. The van der Waals surface area contributed by atoms with E-state index >= 15 is 0 Å². The lowest BCUT2D eigenvalue weighted by molar-refractivity contribution is 0.432. The Labute approximate surface area is 137 Å². The van der Waals surface area contributed by atoms with Crippen LogP contribution in [0.3, 0.4) is 0 Å². The highest BCUT2D eigenvalue weighted by Gasteiger charge is 2.15. The standard InChI is InChI=1S/C16H15N7O/c1-9(2)23-15-13(20-22-23)6-11(7-18-15)16-19-14(21-24-16)12-8-17-5-4-10(12)3/h4-9H,1-3H3. The molecule has 0 radical (unpaired) electrons. The highest BCUT2D eigenvalue weighted by atomic mass is 16.5. The molecule has 0 aliphatic heterocycles. The van der Waals surface area contributed by atoms with Crippen molar-refractivity contribution in [3.05, 3.63) is 36.3 Å². The van der Waals surface area contributed by atoms with E-state index < -0.39 is 0 Å². The lowest BCUT2D eigenvalue weighted by Gasteiger charge is -2.03. The molecule has 4 heterocycles. The fourth-order valence-electron chi connectivity index (χ4n) is 2.45. The van der Waals surface area contributed by atoms with Crippen LogP contribution in [0.5, 0.6) is 0 Å². The number of rotatable bonds is 3. The smallest absolute Gasteiger partial charge is 0.259 e. The Bertz CT molecular complexity index is 1020. The third-order valence-corrected chi connectivity index (χ3v) is 3.76. The summed E-state index contributed by atoms with van der Waals surface area (Å²) in [6, 6.07) is 3.95. The van der Waals surface area contributed by atoms with Gasteiger partial charge in [0.05, 0.1) is 11.6 Å². The number of aryl methyl sites for hydroxylation is 1. The second-order valence-corrected chi connectivity index (χ2v) is 5.81. The van der Waals surface area contributed by atoms with Gasteiger partial charge in [-0.2, -0.15) is 4.98 Å². The first kappa shape index (κ1) is 14.4. The zero-order valence-corrected chi connectivity index (χ0v) is 13.5. The van der Waals surface area contributed by atoms with Crippen molar-refractivity contribution in [2.24, 2.45) is 0 Å². The maximum Gasteiger partial charge on any atom is 0.259 e. The van der Waals surface area contributed by atoms with E-state index in [0.717, 1.165) is 16.8 Å². The van der Waals surface area contributed by atoms with E-state index in [9.17, 15) is 0 Å². The minimum Gasteiger partial charge on any atom is -0.334 e. The highest BCUT2D eigenvalue weighted by Crippen LogP contribution is 2.25. The van der Waals surface area contributed by atoms with E-state index in [0.29, 0.717) is 22.8 Å². The Morgan fingerprint density at radius 3 is 2.88 bits per heavy atom. The Balaban J connectivity index is 1.75. The molecule has 0 fully saturated rings. The predicted molar refractivity (Wildman–Crippen MR) is 87.0 cm³/mol. The van der Waals surface area contributed by atoms with Gasteiger partial charge in [0.1, 0.15) is 5.52 Å². The molecule has 0 saturated heterocycles. The van der Waals surface area contributed by atoms with Crippen LogP contribution in [0.1, 0.15) is 25.5 Å². The summed E-state index contributed by atoms with van der Waals surface area (Å²) in [6.07, 6.45) is 5.15. The van der Waals surface area contributed by atoms with Gasteiger partial charge in [0, 0.05) is 24.2 Å². The van der Waals surface area contributed by atoms with Crippen LogP contribution < -0.4 is 0 Å². The fraction of sp³-hybridized carbons (Fsp3) is 0.250. The van der Waals surface area contributed by atoms with Crippen molar-refractivity contribution < 1.29 is 4.52 Å². The summed E-state index contributed by atoms with van der Waals surface area (Å²) in [5.74, 6) is 0.892. The van der Waals surface area contributed by atoms with Crippen LogP contribution in [-0.4, -0.2) is 35.1 Å². The third kappa shape index (κ3) is 2.32. The molecule has 4 aromatic rings. The number of nitrogens with zero attached hydrogens (tertiary/aromatic N) is 7. The molecule has 0 unspecified atom stereocenters. The van der Waals surface area contributed by atoms with Crippen molar-refractivity contribution >= 4 is 11.2 Å². The monoisotopic (exact) mass is 321 g/mol. The summed E-state index contributed by atoms with van der Waals surface area (Å²) in [4.78, 5) is 13.0. The Morgan fingerprint density at radius 1 is 1.21 bits per heavy atom. The number of aromatic nitrogens is 7. The van der Waals surface area contributed by atoms with Crippen LogP contribution in [-0.2, 0) is 0 Å². The summed E-state index contributed by atoms with van der Waals surface area (Å²) in [7, 11) is 0. The molecular weight excluding hydrogens is 306 g/mol. The molecule has 8 heteroatoms. The van der Waals surface area contributed by atoms with Gasteiger partial charge in [-0.05, 0) is 38.5 Å². The molecule has 4 rings (SSSR count). The van der Waals surface area contributed by atoms with Crippen molar-refractivity contribution in [1.82, 2.24) is 35.1 Å². The van der Waals surface area contributed by atoms with Crippen LogP contribution in [0, 0.1) is 6.92 Å². The van der Waals surface area contributed by atoms with Gasteiger partial charge in [-0.1, -0.05) is 10.4 Å². The van der Waals surface area contributed by atoms with Crippen LogP contribution in [0.4, 0.5) is 0 Å². The molecule has 8 nitrogen and oxygen atoms in total. The van der Waals surface area contributed by atoms with Crippen LogP contribution in [0.15, 0.2) is 35.2 Å². The van der Waals surface area contributed by atoms with Gasteiger partial charge >= 0.3 is 0 Å². The first-order valence-electron chi connectivity index (χ1n) is 7.59. The molecule has 24 heavy (non-hydrogen) atoms. The molecule has 0 aromatic carbocycles. The van der Waals surface area contributed by atoms with E-state index in [1.54, 1.807) is 23.3 Å². The number of hydrogen-bond acceptors (Lipinski definition) is 7. The maximum atomic E-state index is 5.38. The van der Waals surface area contributed by atoms with Gasteiger partial charge in [-0.25, -0.2) is 9.67 Å². The summed E-state index contributed by atoms with van der Waals surface area (Å²) in [5.41, 5.74) is 4.01. The SMILES string of the molecule is Cc1ccncc1-c1noc(-c2cnc3c(c2)nnn3C(C)C)n1. The van der Waals surface area contributed by atoms with Crippen molar-refractivity contribution in [3.8, 4) is 22.8 Å². The van der Waals surface area contributed by atoms with Gasteiger partial charge in [0.25, 0.3) is 5.89 Å². The summed E-state index contributed by atoms with van der Waals surface area (Å²) in [5, 5.41) is 12.3. The minimum atomic E-state index is 0.192. The number of hydrogen-bond donors (Lipinski definition) is 0. The van der Waals surface area contributed by atoms with E-state index in [4.69, 9.17) is 4.52 Å². The lowest BCUT2D eigenvalue weighted by Crippen LogP contribution is -2.03. The second-order valence-electron chi connectivity index (χ2n) is 5.81. The molecule has 0 bridgehead atoms. The summed E-state index contributed by atoms with van der Waals surface area (Å²) in [6.45, 7) is 6.04. The van der Waals surface area contributed by atoms with Crippen molar-refractivity contribution in [2.75, 3.05) is 0 Å². The van der Waals surface area contributed by atoms with E-state index in [1.165, 1.54) is 0 Å². The fourth-order valence-corrected chi connectivity index (χ4v) is 2.45. The Hall–Kier alpha value is -3.16. The maximum absolute atomic E-state index is 5.38. The molecule has 120 valence electrons. The van der Waals surface area contributed by atoms with E-state index in [-0.39, 0.29) is 6.04 Å². The molecule has 0 saturated carbocycles. The third-order valence-electron chi connectivity index (χ3n) is 3.76. The van der Waals surface area contributed by atoms with Gasteiger partial charge < -0.3 is 4.52 Å². The Kier molecular flexibility index (Phi) is 3.30. The minimum absolute atomic E-state index is 0.192. The Morgan fingerprint density at radius 2 is 2.08 bits per heavy atom. The first-order valence-corrected chi connectivity index (χ1v) is 7.59. The van der Waals surface area contributed by atoms with Crippen LogP contribution in [0.25, 0.3) is 34.0 Å². The van der Waals surface area contributed by atoms with Crippen LogP contribution in [0.2, 0.25) is 0 Å². The molecule has 4 aromatic heterocycles. The molecule has 0 aliphatic rings. The van der Waals surface area contributed by atoms with Gasteiger partial charge in [0.2, 0.25) is 5.82 Å². The van der Waals surface area contributed by atoms with Gasteiger partial charge in [-0.3, -0.25) is 4.98 Å². The number of pyridine rings is 2. The van der Waals surface area contributed by atoms with Crippen molar-refractivity contribution in [1.29, 1.82) is 0 Å². The summed E-state index contributed by atoms with van der Waals surface area (Å²) < 4.78 is 7.15. The van der Waals surface area contributed by atoms with Gasteiger partial charge in [-0.15, -0.1) is 5.10 Å². The van der Waals surface area contributed by atoms with E-state index in [1.807, 2.05) is 32.9 Å². The zero-order valence-electron chi connectivity index (χ0n) is 13.5. The average Bonchev–Trinajstić information content (AvgIpc) is 3.21. The molecule has 0 spiro atoms. The normalized spacial score (nSPS) is 11.5. The van der Waals surface area contributed by atoms with Crippen molar-refractivity contribution in [3.63, 3.8) is 0 Å². The second kappa shape index (κ2) is 5.48. The molecule has 0 aliphatic carbocycles. The molecule has 0 atom stereocenters. The molecule has 0 amide bonds. The first-order chi connectivity index (χ1) is 11.6. The van der Waals surface area contributed by atoms with E-state index in [2.05, 4.69) is 30.4 Å². The largest absolute Gasteiger partial charge is 0.334 e. The zero-order chi connectivity index (χ0) is 16.7. The number of fused-ring (bicyclic) bond motifs is 1. The topological polar surface area (TPSA) is 95.4 Å². The predicted octanol–water partition coefficient (Wildman–Crippen LogP) is 2.83.